The lowest BCUT2D eigenvalue weighted by Gasteiger charge is -2.37. The third kappa shape index (κ3) is 2.40. The Bertz CT molecular complexity index is 258. The zero-order valence-electron chi connectivity index (χ0n) is 10.1. The van der Waals surface area contributed by atoms with Gasteiger partial charge in [-0.3, -0.25) is 4.79 Å². The van der Waals surface area contributed by atoms with Crippen LogP contribution < -0.4 is 0 Å². The van der Waals surface area contributed by atoms with E-state index in [4.69, 9.17) is 4.74 Å². The number of hydrogen-bond acceptors (Lipinski definition) is 2. The second-order valence-electron chi connectivity index (χ2n) is 5.63. The normalized spacial score (nSPS) is 39.8. The Balaban J connectivity index is 2.04. The fourth-order valence-corrected chi connectivity index (χ4v) is 3.37. The van der Waals surface area contributed by atoms with E-state index >= 15 is 0 Å². The van der Waals surface area contributed by atoms with Crippen molar-refractivity contribution in [2.24, 2.45) is 11.3 Å². The first-order chi connectivity index (χ1) is 7.62. The molecule has 2 fully saturated rings. The summed E-state index contributed by atoms with van der Waals surface area (Å²) in [5.74, 6) is -0.0548. The lowest BCUT2D eigenvalue weighted by Crippen LogP contribution is -2.38. The Morgan fingerprint density at radius 2 is 2.25 bits per heavy atom. The van der Waals surface area contributed by atoms with Crippen molar-refractivity contribution in [3.8, 4) is 0 Å². The molecule has 0 radical (unpaired) electrons. The molecule has 0 spiro atoms. The van der Waals surface area contributed by atoms with E-state index in [1.807, 2.05) is 0 Å². The Labute approximate surface area is 97.2 Å². The molecule has 3 atom stereocenters. The summed E-state index contributed by atoms with van der Waals surface area (Å²) in [4.78, 5) is 11.6. The SMILES string of the molecule is CC1CCCC(CC2CCCO2)(C(=O)O)C1. The topological polar surface area (TPSA) is 46.5 Å². The first kappa shape index (κ1) is 11.9. The van der Waals surface area contributed by atoms with Crippen LogP contribution in [0, 0.1) is 11.3 Å². The summed E-state index contributed by atoms with van der Waals surface area (Å²) in [7, 11) is 0. The molecule has 1 aliphatic carbocycles. The van der Waals surface area contributed by atoms with Crippen molar-refractivity contribution in [3.05, 3.63) is 0 Å². The second-order valence-corrected chi connectivity index (χ2v) is 5.63. The van der Waals surface area contributed by atoms with Crippen LogP contribution in [0.5, 0.6) is 0 Å². The van der Waals surface area contributed by atoms with Crippen LogP contribution in [-0.4, -0.2) is 23.8 Å². The molecule has 0 bridgehead atoms. The van der Waals surface area contributed by atoms with Gasteiger partial charge in [-0.15, -0.1) is 0 Å². The highest BCUT2D eigenvalue weighted by molar-refractivity contribution is 5.74. The van der Waals surface area contributed by atoms with E-state index in [9.17, 15) is 9.90 Å². The molecule has 1 N–H and O–H groups in total. The van der Waals surface area contributed by atoms with E-state index in [0.29, 0.717) is 5.92 Å². The molecule has 1 aliphatic heterocycles. The maximum absolute atomic E-state index is 11.6. The minimum Gasteiger partial charge on any atom is -0.481 e. The predicted molar refractivity (Wildman–Crippen MR) is 61.3 cm³/mol. The van der Waals surface area contributed by atoms with E-state index in [-0.39, 0.29) is 6.10 Å². The van der Waals surface area contributed by atoms with Gasteiger partial charge in [0, 0.05) is 6.61 Å². The molecule has 92 valence electrons. The van der Waals surface area contributed by atoms with Crippen LogP contribution in [0.15, 0.2) is 0 Å². The van der Waals surface area contributed by atoms with Gasteiger partial charge in [0.1, 0.15) is 0 Å². The van der Waals surface area contributed by atoms with Gasteiger partial charge in [-0.05, 0) is 38.0 Å². The van der Waals surface area contributed by atoms with Crippen molar-refractivity contribution in [2.75, 3.05) is 6.61 Å². The summed E-state index contributed by atoms with van der Waals surface area (Å²) in [5.41, 5.74) is -0.493. The molecule has 0 aromatic heterocycles. The van der Waals surface area contributed by atoms with Crippen molar-refractivity contribution in [2.45, 2.75) is 58.0 Å². The van der Waals surface area contributed by atoms with E-state index in [1.165, 1.54) is 6.42 Å². The third-order valence-electron chi connectivity index (χ3n) is 4.19. The van der Waals surface area contributed by atoms with Crippen LogP contribution in [-0.2, 0) is 9.53 Å². The zero-order valence-corrected chi connectivity index (χ0v) is 10.1. The molecule has 3 unspecified atom stereocenters. The van der Waals surface area contributed by atoms with Crippen molar-refractivity contribution < 1.29 is 14.6 Å². The van der Waals surface area contributed by atoms with Gasteiger partial charge in [-0.1, -0.05) is 19.8 Å². The summed E-state index contributed by atoms with van der Waals surface area (Å²) in [5, 5.41) is 9.51. The Hall–Kier alpha value is -0.570. The Kier molecular flexibility index (Phi) is 3.53. The van der Waals surface area contributed by atoms with Crippen molar-refractivity contribution in [1.82, 2.24) is 0 Å². The summed E-state index contributed by atoms with van der Waals surface area (Å²) in [6, 6.07) is 0. The first-order valence-electron chi connectivity index (χ1n) is 6.47. The fourth-order valence-electron chi connectivity index (χ4n) is 3.37. The third-order valence-corrected chi connectivity index (χ3v) is 4.19. The van der Waals surface area contributed by atoms with Gasteiger partial charge in [0.2, 0.25) is 0 Å². The Morgan fingerprint density at radius 1 is 1.44 bits per heavy atom. The average molecular weight is 226 g/mol. The molecular weight excluding hydrogens is 204 g/mol. The molecule has 1 saturated carbocycles. The maximum Gasteiger partial charge on any atom is 0.309 e. The predicted octanol–water partition coefficient (Wildman–Crippen LogP) is 2.84. The minimum atomic E-state index is -0.602. The first-order valence-corrected chi connectivity index (χ1v) is 6.47. The van der Waals surface area contributed by atoms with Gasteiger partial charge in [0.15, 0.2) is 0 Å². The van der Waals surface area contributed by atoms with Gasteiger partial charge >= 0.3 is 5.97 Å². The molecule has 1 saturated heterocycles. The molecule has 3 heteroatoms. The monoisotopic (exact) mass is 226 g/mol. The molecule has 0 amide bonds. The Morgan fingerprint density at radius 3 is 2.81 bits per heavy atom. The number of carbonyl (C=O) groups is 1. The molecule has 0 aromatic rings. The van der Waals surface area contributed by atoms with Crippen molar-refractivity contribution >= 4 is 5.97 Å². The smallest absolute Gasteiger partial charge is 0.309 e. The molecule has 16 heavy (non-hydrogen) atoms. The standard InChI is InChI=1S/C13H22O3/c1-10-4-2-6-13(8-10,12(14)15)9-11-5-3-7-16-11/h10-11H,2-9H2,1H3,(H,14,15). The van der Waals surface area contributed by atoms with Crippen molar-refractivity contribution in [1.29, 1.82) is 0 Å². The highest BCUT2D eigenvalue weighted by Gasteiger charge is 2.44. The molecule has 0 aromatic carbocycles. The summed E-state index contributed by atoms with van der Waals surface area (Å²) < 4.78 is 5.60. The largest absolute Gasteiger partial charge is 0.481 e. The lowest BCUT2D eigenvalue weighted by atomic mass is 9.67. The van der Waals surface area contributed by atoms with E-state index < -0.39 is 11.4 Å². The van der Waals surface area contributed by atoms with Crippen LogP contribution in [0.4, 0.5) is 0 Å². The quantitative estimate of drug-likeness (QED) is 0.805. The molecule has 3 nitrogen and oxygen atoms in total. The average Bonchev–Trinajstić information content (AvgIpc) is 2.70. The summed E-state index contributed by atoms with van der Waals surface area (Å²) in [6.45, 7) is 2.99. The molecule has 2 aliphatic rings. The number of ether oxygens (including phenoxy) is 1. The van der Waals surface area contributed by atoms with Crippen LogP contribution in [0.25, 0.3) is 0 Å². The van der Waals surface area contributed by atoms with E-state index in [1.54, 1.807) is 0 Å². The zero-order chi connectivity index (χ0) is 11.6. The van der Waals surface area contributed by atoms with Gasteiger partial charge in [0.05, 0.1) is 11.5 Å². The summed E-state index contributed by atoms with van der Waals surface area (Å²) >= 11 is 0. The number of hydrogen-bond donors (Lipinski definition) is 1. The van der Waals surface area contributed by atoms with Gasteiger partial charge in [0.25, 0.3) is 0 Å². The van der Waals surface area contributed by atoms with E-state index in [0.717, 1.165) is 45.1 Å². The number of aliphatic carboxylic acids is 1. The van der Waals surface area contributed by atoms with Gasteiger partial charge in [-0.2, -0.15) is 0 Å². The maximum atomic E-state index is 11.6. The molecule has 2 rings (SSSR count). The van der Waals surface area contributed by atoms with Crippen molar-refractivity contribution in [3.63, 3.8) is 0 Å². The number of carboxylic acid groups (broad SMARTS) is 1. The number of rotatable bonds is 3. The minimum absolute atomic E-state index is 0.196. The molecular formula is C13H22O3. The highest BCUT2D eigenvalue weighted by Crippen LogP contribution is 2.44. The highest BCUT2D eigenvalue weighted by atomic mass is 16.5. The fraction of sp³-hybridized carbons (Fsp3) is 0.923. The van der Waals surface area contributed by atoms with Crippen LogP contribution in [0.1, 0.15) is 51.9 Å². The summed E-state index contributed by atoms with van der Waals surface area (Å²) in [6.07, 6.45) is 6.97. The van der Waals surface area contributed by atoms with Crippen LogP contribution in [0.3, 0.4) is 0 Å². The van der Waals surface area contributed by atoms with Gasteiger partial charge < -0.3 is 9.84 Å². The lowest BCUT2D eigenvalue weighted by molar-refractivity contribution is -0.154. The molecule has 1 heterocycles. The van der Waals surface area contributed by atoms with Crippen LogP contribution >= 0.6 is 0 Å². The van der Waals surface area contributed by atoms with Gasteiger partial charge in [-0.25, -0.2) is 0 Å². The number of carboxylic acids is 1. The van der Waals surface area contributed by atoms with Crippen LogP contribution in [0.2, 0.25) is 0 Å². The second kappa shape index (κ2) is 4.74. The van der Waals surface area contributed by atoms with E-state index in [2.05, 4.69) is 6.92 Å².